The lowest BCUT2D eigenvalue weighted by molar-refractivity contribution is -0.252. The first-order valence-electron chi connectivity index (χ1n) is 5.85. The average molecular weight is 299 g/mol. The van der Waals surface area contributed by atoms with Crippen LogP contribution in [0, 0.1) is 0 Å². The van der Waals surface area contributed by atoms with Crippen molar-refractivity contribution in [2.24, 2.45) is 0 Å². The van der Waals surface area contributed by atoms with Crippen LogP contribution in [-0.2, 0) is 12.7 Å². The number of rotatable bonds is 4. The molecule has 21 heavy (non-hydrogen) atoms. The van der Waals surface area contributed by atoms with Gasteiger partial charge in [0.15, 0.2) is 0 Å². The van der Waals surface area contributed by atoms with Crippen molar-refractivity contribution in [3.63, 3.8) is 0 Å². The molecule has 0 saturated heterocycles. The minimum atomic E-state index is -4.60. The summed E-state index contributed by atoms with van der Waals surface area (Å²) in [6.45, 7) is -0.186. The lowest BCUT2D eigenvalue weighted by Crippen LogP contribution is -2.41. The van der Waals surface area contributed by atoms with Crippen molar-refractivity contribution < 1.29 is 23.1 Å². The predicted molar refractivity (Wildman–Crippen MR) is 62.7 cm³/mol. The van der Waals surface area contributed by atoms with Crippen molar-refractivity contribution in [2.45, 2.75) is 18.8 Å². The smallest absolute Gasteiger partial charge is 0.416 e. The summed E-state index contributed by atoms with van der Waals surface area (Å²) in [5.41, 5.74) is -1.14. The molecule has 1 unspecified atom stereocenters. The Bertz CT molecular complexity index is 613. The van der Waals surface area contributed by atoms with Gasteiger partial charge in [-0.15, -0.1) is 0 Å². The monoisotopic (exact) mass is 299 g/mol. The van der Waals surface area contributed by atoms with E-state index in [-0.39, 0.29) is 12.1 Å². The van der Waals surface area contributed by atoms with E-state index in [9.17, 15) is 23.1 Å². The van der Waals surface area contributed by atoms with E-state index in [4.69, 9.17) is 0 Å². The number of hydrogen-bond donors (Lipinski definition) is 1. The van der Waals surface area contributed by atoms with Crippen LogP contribution >= 0.6 is 0 Å². The molecule has 1 atom stereocenters. The summed E-state index contributed by atoms with van der Waals surface area (Å²) in [4.78, 5) is 11.8. The maximum absolute atomic E-state index is 13.0. The third kappa shape index (κ3) is 3.71. The van der Waals surface area contributed by atoms with Crippen molar-refractivity contribution >= 4 is 6.09 Å². The van der Waals surface area contributed by atoms with E-state index < -0.39 is 23.9 Å². The van der Waals surface area contributed by atoms with E-state index in [0.717, 1.165) is 10.9 Å². The third-order valence-corrected chi connectivity index (χ3v) is 2.75. The lowest BCUT2D eigenvalue weighted by Gasteiger charge is -2.23. The number of amides is 1. The van der Waals surface area contributed by atoms with Crippen LogP contribution in [0.2, 0.25) is 0 Å². The molecule has 6 nitrogen and oxygen atoms in total. The molecule has 0 aliphatic heterocycles. The number of carbonyl (C=O) groups is 1. The second-order valence-electron chi connectivity index (χ2n) is 4.15. The highest BCUT2D eigenvalue weighted by Gasteiger charge is 2.35. The molecule has 0 spiro atoms. The van der Waals surface area contributed by atoms with E-state index in [1.165, 1.54) is 30.6 Å². The number of hydrogen-bond acceptors (Lipinski definition) is 4. The standard InChI is InChI=1S/C12H11F3N4O2/c13-12(14,15)9-4-2-1-3-8(9)10(18-11(20)21)7-19-16-5-6-17-19/h1-6,10,18H,7H2,(H,20,21)/p-1. The second-order valence-corrected chi connectivity index (χ2v) is 4.15. The quantitative estimate of drug-likeness (QED) is 0.912. The molecule has 1 aromatic carbocycles. The number of carboxylic acid groups (broad SMARTS) is 1. The van der Waals surface area contributed by atoms with Crippen molar-refractivity contribution in [1.29, 1.82) is 0 Å². The van der Waals surface area contributed by atoms with Crippen LogP contribution in [0.25, 0.3) is 0 Å². The fourth-order valence-corrected chi connectivity index (χ4v) is 1.92. The highest BCUT2D eigenvalue weighted by atomic mass is 19.4. The maximum Gasteiger partial charge on any atom is 0.416 e. The fourth-order valence-electron chi connectivity index (χ4n) is 1.92. The van der Waals surface area contributed by atoms with Gasteiger partial charge in [-0.25, -0.2) is 0 Å². The van der Waals surface area contributed by atoms with Gasteiger partial charge in [0.1, 0.15) is 6.09 Å². The molecule has 1 N–H and O–H groups in total. The van der Waals surface area contributed by atoms with Gasteiger partial charge in [-0.1, -0.05) is 18.2 Å². The van der Waals surface area contributed by atoms with E-state index in [2.05, 4.69) is 10.2 Å². The Kier molecular flexibility index (Phi) is 4.10. The zero-order valence-electron chi connectivity index (χ0n) is 10.5. The molecule has 0 fully saturated rings. The number of nitrogens with one attached hydrogen (secondary N) is 1. The summed E-state index contributed by atoms with van der Waals surface area (Å²) >= 11 is 0. The van der Waals surface area contributed by atoms with Crippen molar-refractivity contribution in [1.82, 2.24) is 20.3 Å². The Balaban J connectivity index is 2.39. The second kappa shape index (κ2) is 5.81. The number of carbonyl (C=O) groups excluding carboxylic acids is 1. The van der Waals surface area contributed by atoms with Gasteiger partial charge in [0.2, 0.25) is 0 Å². The van der Waals surface area contributed by atoms with Gasteiger partial charge in [-0.3, -0.25) is 0 Å². The Morgan fingerprint density at radius 3 is 2.48 bits per heavy atom. The summed E-state index contributed by atoms with van der Waals surface area (Å²) in [5.74, 6) is 0. The van der Waals surface area contributed by atoms with Gasteiger partial charge in [0.05, 0.1) is 30.5 Å². The first-order valence-corrected chi connectivity index (χ1v) is 5.85. The maximum atomic E-state index is 13.0. The van der Waals surface area contributed by atoms with Crippen LogP contribution in [0.4, 0.5) is 18.0 Å². The molecule has 1 heterocycles. The first kappa shape index (κ1) is 14.8. The van der Waals surface area contributed by atoms with E-state index in [1.54, 1.807) is 0 Å². The van der Waals surface area contributed by atoms with Crippen LogP contribution in [0.5, 0.6) is 0 Å². The zero-order chi connectivity index (χ0) is 15.5. The van der Waals surface area contributed by atoms with E-state index in [1.807, 2.05) is 5.32 Å². The summed E-state index contributed by atoms with van der Waals surface area (Å²) in [7, 11) is 0. The number of alkyl halides is 3. The fraction of sp³-hybridized carbons (Fsp3) is 0.250. The molecule has 0 bridgehead atoms. The summed E-state index contributed by atoms with van der Waals surface area (Å²) < 4.78 is 39.0. The highest BCUT2D eigenvalue weighted by molar-refractivity contribution is 5.63. The van der Waals surface area contributed by atoms with Gasteiger partial charge in [0, 0.05) is 0 Å². The molecule has 2 rings (SSSR count). The van der Waals surface area contributed by atoms with Crippen molar-refractivity contribution in [3.8, 4) is 0 Å². The molecule has 9 heteroatoms. The predicted octanol–water partition coefficient (Wildman–Crippen LogP) is 0.971. The summed E-state index contributed by atoms with van der Waals surface area (Å²) in [6, 6.07) is 3.53. The molecule has 1 aromatic heterocycles. The van der Waals surface area contributed by atoms with Crippen LogP contribution < -0.4 is 10.4 Å². The summed E-state index contributed by atoms with van der Waals surface area (Å²) in [5, 5.41) is 20.2. The molecule has 0 aliphatic rings. The van der Waals surface area contributed by atoms with Crippen LogP contribution in [0.3, 0.4) is 0 Å². The molecule has 2 aromatic rings. The highest BCUT2D eigenvalue weighted by Crippen LogP contribution is 2.34. The van der Waals surface area contributed by atoms with Gasteiger partial charge >= 0.3 is 6.18 Å². The van der Waals surface area contributed by atoms with E-state index >= 15 is 0 Å². The molecule has 0 saturated carbocycles. The topological polar surface area (TPSA) is 82.9 Å². The first-order chi connectivity index (χ1) is 9.88. The van der Waals surface area contributed by atoms with Crippen LogP contribution in [0.1, 0.15) is 17.2 Å². The Labute approximate surface area is 117 Å². The van der Waals surface area contributed by atoms with Crippen molar-refractivity contribution in [2.75, 3.05) is 0 Å². The normalized spacial score (nSPS) is 12.9. The van der Waals surface area contributed by atoms with Crippen molar-refractivity contribution in [3.05, 3.63) is 47.8 Å². The van der Waals surface area contributed by atoms with E-state index in [0.29, 0.717) is 0 Å². The van der Waals surface area contributed by atoms with Crippen LogP contribution in [-0.4, -0.2) is 21.1 Å². The number of nitrogens with zero attached hydrogens (tertiary/aromatic N) is 3. The molecule has 0 radical (unpaired) electrons. The molecule has 0 aliphatic carbocycles. The van der Waals surface area contributed by atoms with Crippen LogP contribution in [0.15, 0.2) is 36.7 Å². The Hall–Kier alpha value is -2.58. The van der Waals surface area contributed by atoms with Gasteiger partial charge < -0.3 is 15.2 Å². The molecular formula is C12H10F3N4O2-. The zero-order valence-corrected chi connectivity index (χ0v) is 10.5. The number of halogens is 3. The lowest BCUT2D eigenvalue weighted by atomic mass is 10.00. The van der Waals surface area contributed by atoms with Gasteiger partial charge in [-0.05, 0) is 11.6 Å². The summed E-state index contributed by atoms with van der Waals surface area (Å²) in [6.07, 6.45) is -3.60. The largest absolute Gasteiger partial charge is 0.530 e. The Morgan fingerprint density at radius 1 is 1.29 bits per heavy atom. The third-order valence-electron chi connectivity index (χ3n) is 2.75. The molecule has 112 valence electrons. The average Bonchev–Trinajstić information content (AvgIpc) is 2.89. The Morgan fingerprint density at radius 2 is 1.90 bits per heavy atom. The SMILES string of the molecule is O=C([O-])NC(Cn1nccn1)c1ccccc1C(F)(F)F. The number of aromatic nitrogens is 3. The minimum absolute atomic E-state index is 0.186. The molecule has 1 amide bonds. The number of benzene rings is 1. The van der Waals surface area contributed by atoms with Gasteiger partial charge in [0.25, 0.3) is 0 Å². The van der Waals surface area contributed by atoms with Gasteiger partial charge in [-0.2, -0.15) is 28.2 Å². The molecular weight excluding hydrogens is 289 g/mol. The minimum Gasteiger partial charge on any atom is -0.530 e.